The van der Waals surface area contributed by atoms with Gasteiger partial charge < -0.3 is 25.1 Å². The Morgan fingerprint density at radius 2 is 1.84 bits per heavy atom. The minimum atomic E-state index is -1.07. The van der Waals surface area contributed by atoms with E-state index in [0.717, 1.165) is 12.1 Å². The van der Waals surface area contributed by atoms with Crippen LogP contribution in [0.2, 0.25) is 0 Å². The minimum Gasteiger partial charge on any atom is -0.403 e. The van der Waals surface area contributed by atoms with Gasteiger partial charge in [-0.1, -0.05) is 5.10 Å². The van der Waals surface area contributed by atoms with Crippen LogP contribution in [0, 0.1) is 17.5 Å². The molecule has 5 rings (SSSR count). The summed E-state index contributed by atoms with van der Waals surface area (Å²) >= 11 is 0. The van der Waals surface area contributed by atoms with Crippen molar-refractivity contribution in [1.82, 2.24) is 20.5 Å². The fraction of sp³-hybridized carbons (Fsp3) is 0.150. The predicted molar refractivity (Wildman–Crippen MR) is 103 cm³/mol. The number of fused-ring (bicyclic) bond motifs is 1. The molecule has 0 unspecified atom stereocenters. The fourth-order valence-corrected chi connectivity index (χ4v) is 3.53. The second-order valence-corrected chi connectivity index (χ2v) is 7.04. The van der Waals surface area contributed by atoms with Gasteiger partial charge in [0.25, 0.3) is 5.89 Å². The third kappa shape index (κ3) is 3.28. The van der Waals surface area contributed by atoms with E-state index in [1.54, 1.807) is 0 Å². The van der Waals surface area contributed by atoms with Crippen molar-refractivity contribution in [2.45, 2.75) is 12.1 Å². The lowest BCUT2D eigenvalue weighted by Gasteiger charge is -2.10. The number of carbonyl (C=O) groups excluding carboxylic acids is 1. The molecule has 1 aliphatic rings. The van der Waals surface area contributed by atoms with E-state index < -0.39 is 35.5 Å². The third-order valence-corrected chi connectivity index (χ3v) is 5.04. The lowest BCUT2D eigenvalue weighted by atomic mass is 10.0. The fourth-order valence-electron chi connectivity index (χ4n) is 3.53. The van der Waals surface area contributed by atoms with E-state index in [4.69, 9.17) is 4.42 Å². The first-order valence-electron chi connectivity index (χ1n) is 9.23. The Hall–Kier alpha value is -3.86. The maximum atomic E-state index is 14.0. The lowest BCUT2D eigenvalue weighted by molar-refractivity contribution is -0.120. The van der Waals surface area contributed by atoms with E-state index in [-0.39, 0.29) is 34.9 Å². The number of hydrogen-bond acceptors (Lipinski definition) is 6. The Morgan fingerprint density at radius 1 is 1.10 bits per heavy atom. The Kier molecular flexibility index (Phi) is 4.40. The maximum Gasteiger partial charge on any atom is 0.316 e. The van der Waals surface area contributed by atoms with Crippen molar-refractivity contribution >= 4 is 22.8 Å². The van der Waals surface area contributed by atoms with Gasteiger partial charge in [0.05, 0.1) is 11.3 Å². The number of nitrogens with one attached hydrogen (secondary N) is 3. The average Bonchev–Trinajstić information content (AvgIpc) is 3.43. The summed E-state index contributed by atoms with van der Waals surface area (Å²) in [5.74, 6) is -3.03. The van der Waals surface area contributed by atoms with Gasteiger partial charge in [-0.3, -0.25) is 4.79 Å². The van der Waals surface area contributed by atoms with Crippen molar-refractivity contribution in [2.75, 3.05) is 11.9 Å². The van der Waals surface area contributed by atoms with Crippen LogP contribution in [-0.4, -0.2) is 44.9 Å². The Balaban J connectivity index is 1.62. The molecule has 0 radical (unpaired) electrons. The number of aliphatic hydroxyl groups excluding tert-OH is 1. The first-order chi connectivity index (χ1) is 14.9. The standard InChI is InChI=1S/C20H14F3N5O3/c21-9-3-1-8(2-4-9)16-15(10-5-11(22)12(23)6-13(10)25-16)19-27-28-20(31-19)26-17-14(29)7-24-18(17)30/h1-6,14,17,25,29H,7H2,(H,24,30)(H,26,28)/t14-,17+/m1/s1. The molecule has 4 N–H and O–H groups in total. The molecule has 8 nitrogen and oxygen atoms in total. The Morgan fingerprint density at radius 3 is 2.55 bits per heavy atom. The van der Waals surface area contributed by atoms with E-state index in [9.17, 15) is 23.1 Å². The summed E-state index contributed by atoms with van der Waals surface area (Å²) in [5, 5.41) is 23.1. The van der Waals surface area contributed by atoms with Gasteiger partial charge in [-0.25, -0.2) is 13.2 Å². The van der Waals surface area contributed by atoms with Crippen molar-refractivity contribution in [1.29, 1.82) is 0 Å². The highest BCUT2D eigenvalue weighted by atomic mass is 19.2. The number of aromatic nitrogens is 3. The normalized spacial score (nSPS) is 18.5. The molecule has 11 heteroatoms. The number of aliphatic hydroxyl groups is 1. The Bertz CT molecular complexity index is 1300. The number of anilines is 1. The first kappa shape index (κ1) is 19.1. The van der Waals surface area contributed by atoms with Gasteiger partial charge in [0, 0.05) is 23.5 Å². The van der Waals surface area contributed by atoms with Gasteiger partial charge in [-0.2, -0.15) is 0 Å². The third-order valence-electron chi connectivity index (χ3n) is 5.04. The molecule has 158 valence electrons. The van der Waals surface area contributed by atoms with E-state index in [1.807, 2.05) is 0 Å². The quantitative estimate of drug-likeness (QED) is 0.396. The van der Waals surface area contributed by atoms with Crippen molar-refractivity contribution in [2.24, 2.45) is 0 Å². The number of benzene rings is 2. The molecular formula is C20H14F3N5O3. The zero-order chi connectivity index (χ0) is 21.7. The van der Waals surface area contributed by atoms with Crippen LogP contribution in [0.3, 0.4) is 0 Å². The monoisotopic (exact) mass is 429 g/mol. The largest absolute Gasteiger partial charge is 0.403 e. The van der Waals surface area contributed by atoms with Crippen LogP contribution in [-0.2, 0) is 4.79 Å². The number of nitrogens with zero attached hydrogens (tertiary/aromatic N) is 2. The number of aromatic amines is 1. The van der Waals surface area contributed by atoms with Crippen LogP contribution in [0.25, 0.3) is 33.6 Å². The summed E-state index contributed by atoms with van der Waals surface area (Å²) in [6.07, 6.45) is -0.984. The molecule has 0 spiro atoms. The zero-order valence-electron chi connectivity index (χ0n) is 15.6. The topological polar surface area (TPSA) is 116 Å². The maximum absolute atomic E-state index is 14.0. The van der Waals surface area contributed by atoms with Crippen LogP contribution < -0.4 is 10.6 Å². The van der Waals surface area contributed by atoms with E-state index in [1.165, 1.54) is 24.3 Å². The number of H-pyrrole nitrogens is 1. The van der Waals surface area contributed by atoms with Gasteiger partial charge in [-0.05, 0) is 35.9 Å². The molecule has 4 aromatic rings. The SMILES string of the molecule is O=C1NC[C@@H](O)[C@@H]1Nc1nnc(-c2c(-c3ccc(F)cc3)[nH]c3cc(F)c(F)cc23)o1. The molecule has 1 fully saturated rings. The van der Waals surface area contributed by atoms with Crippen LogP contribution >= 0.6 is 0 Å². The molecule has 1 amide bonds. The highest BCUT2D eigenvalue weighted by molar-refractivity contribution is 6.02. The molecule has 0 bridgehead atoms. The molecule has 1 aliphatic heterocycles. The molecule has 2 aromatic heterocycles. The summed E-state index contributed by atoms with van der Waals surface area (Å²) in [6.45, 7) is 0.0828. The van der Waals surface area contributed by atoms with Crippen molar-refractivity contribution in [3.8, 4) is 22.7 Å². The molecular weight excluding hydrogens is 415 g/mol. The van der Waals surface area contributed by atoms with Gasteiger partial charge in [-0.15, -0.1) is 5.10 Å². The summed E-state index contributed by atoms with van der Waals surface area (Å²) in [6, 6.07) is 6.35. The minimum absolute atomic E-state index is 0.0491. The molecule has 0 aliphatic carbocycles. The number of halogens is 3. The molecule has 2 atom stereocenters. The van der Waals surface area contributed by atoms with Gasteiger partial charge in [0.1, 0.15) is 18.0 Å². The first-order valence-corrected chi connectivity index (χ1v) is 9.23. The van der Waals surface area contributed by atoms with Crippen LogP contribution in [0.4, 0.5) is 19.2 Å². The number of carbonyl (C=O) groups is 1. The van der Waals surface area contributed by atoms with Crippen LogP contribution in [0.15, 0.2) is 40.8 Å². The summed E-state index contributed by atoms with van der Waals surface area (Å²) < 4.78 is 46.8. The second-order valence-electron chi connectivity index (χ2n) is 7.04. The highest BCUT2D eigenvalue weighted by Crippen LogP contribution is 2.39. The molecule has 1 saturated heterocycles. The van der Waals surface area contributed by atoms with Gasteiger partial charge >= 0.3 is 6.01 Å². The lowest BCUT2D eigenvalue weighted by Crippen LogP contribution is -2.36. The predicted octanol–water partition coefficient (Wildman–Crippen LogP) is 2.57. The van der Waals surface area contributed by atoms with Gasteiger partial charge in [0.2, 0.25) is 5.91 Å². The number of amides is 1. The number of rotatable bonds is 4. The number of hydrogen-bond donors (Lipinski definition) is 4. The average molecular weight is 429 g/mol. The molecule has 31 heavy (non-hydrogen) atoms. The van der Waals surface area contributed by atoms with Crippen molar-refractivity contribution < 1.29 is 27.5 Å². The zero-order valence-corrected chi connectivity index (χ0v) is 15.6. The number of β-amino-alcohol motifs (C(OH)–C–C–N with tert-alkyl or cyclic N) is 1. The van der Waals surface area contributed by atoms with Crippen molar-refractivity contribution in [3.05, 3.63) is 53.8 Å². The summed E-state index contributed by atoms with van der Waals surface area (Å²) in [5.41, 5.74) is 1.45. The molecule has 0 saturated carbocycles. The summed E-state index contributed by atoms with van der Waals surface area (Å²) in [7, 11) is 0. The molecule has 3 heterocycles. The van der Waals surface area contributed by atoms with Crippen LogP contribution in [0.1, 0.15) is 0 Å². The smallest absolute Gasteiger partial charge is 0.316 e. The summed E-state index contributed by atoms with van der Waals surface area (Å²) in [4.78, 5) is 14.8. The van der Waals surface area contributed by atoms with Crippen LogP contribution in [0.5, 0.6) is 0 Å². The van der Waals surface area contributed by atoms with Crippen molar-refractivity contribution in [3.63, 3.8) is 0 Å². The van der Waals surface area contributed by atoms with E-state index >= 15 is 0 Å². The Labute approximate surface area is 172 Å². The van der Waals surface area contributed by atoms with E-state index in [0.29, 0.717) is 11.3 Å². The highest BCUT2D eigenvalue weighted by Gasteiger charge is 2.34. The van der Waals surface area contributed by atoms with E-state index in [2.05, 4.69) is 25.8 Å². The molecule has 2 aromatic carbocycles. The van der Waals surface area contributed by atoms with Gasteiger partial charge in [0.15, 0.2) is 11.6 Å². The second kappa shape index (κ2) is 7.13.